The highest BCUT2D eigenvalue weighted by Gasteiger charge is 2.38. The zero-order valence-electron chi connectivity index (χ0n) is 11.4. The molecule has 0 bridgehead atoms. The second-order valence-corrected chi connectivity index (χ2v) is 5.39. The van der Waals surface area contributed by atoms with Crippen molar-refractivity contribution >= 4 is 11.6 Å². The van der Waals surface area contributed by atoms with Gasteiger partial charge >= 0.3 is 0 Å². The van der Waals surface area contributed by atoms with E-state index in [2.05, 4.69) is 15.5 Å². The molecule has 3 N–H and O–H groups in total. The molecule has 1 aliphatic rings. The van der Waals surface area contributed by atoms with Crippen LogP contribution >= 0.6 is 0 Å². The minimum Gasteiger partial charge on any atom is -0.339 e. The molecule has 104 valence electrons. The standard InChI is InChI=1S/C14H16N4O2/c1-14(2)9-7-8(3-4-10(9)16-13(14)19)12-17-11(5-6-15)20-18-12/h3-4,7H,5-6,15H2,1-2H3,(H,16,19). The fraction of sp³-hybridized carbons (Fsp3) is 0.357. The number of benzene rings is 1. The molecule has 0 saturated heterocycles. The second-order valence-electron chi connectivity index (χ2n) is 5.39. The van der Waals surface area contributed by atoms with Crippen LogP contribution in [-0.4, -0.2) is 22.6 Å². The summed E-state index contributed by atoms with van der Waals surface area (Å²) in [7, 11) is 0. The summed E-state index contributed by atoms with van der Waals surface area (Å²) in [5.41, 5.74) is 7.54. The van der Waals surface area contributed by atoms with Crippen LogP contribution in [0.25, 0.3) is 11.4 Å². The number of carbonyl (C=O) groups is 1. The molecular weight excluding hydrogens is 256 g/mol. The maximum Gasteiger partial charge on any atom is 0.234 e. The maximum absolute atomic E-state index is 11.9. The summed E-state index contributed by atoms with van der Waals surface area (Å²) in [6.07, 6.45) is 0.559. The van der Waals surface area contributed by atoms with Crippen molar-refractivity contribution in [3.63, 3.8) is 0 Å². The molecule has 2 heterocycles. The van der Waals surface area contributed by atoms with Crippen LogP contribution in [0, 0.1) is 0 Å². The van der Waals surface area contributed by atoms with E-state index in [0.717, 1.165) is 16.8 Å². The molecule has 0 spiro atoms. The average Bonchev–Trinajstić information content (AvgIpc) is 2.95. The van der Waals surface area contributed by atoms with Crippen molar-refractivity contribution in [2.45, 2.75) is 25.7 Å². The van der Waals surface area contributed by atoms with E-state index in [-0.39, 0.29) is 5.91 Å². The lowest BCUT2D eigenvalue weighted by Gasteiger charge is -2.15. The fourth-order valence-electron chi connectivity index (χ4n) is 2.31. The molecule has 1 aromatic heterocycles. The highest BCUT2D eigenvalue weighted by Crippen LogP contribution is 2.39. The summed E-state index contributed by atoms with van der Waals surface area (Å²) in [5.74, 6) is 1.05. The summed E-state index contributed by atoms with van der Waals surface area (Å²) >= 11 is 0. The normalized spacial score (nSPS) is 16.1. The Morgan fingerprint density at radius 1 is 1.40 bits per heavy atom. The van der Waals surface area contributed by atoms with E-state index in [9.17, 15) is 4.79 Å². The van der Waals surface area contributed by atoms with Crippen molar-refractivity contribution in [3.05, 3.63) is 29.7 Å². The van der Waals surface area contributed by atoms with Gasteiger partial charge in [-0.2, -0.15) is 4.98 Å². The molecule has 6 heteroatoms. The van der Waals surface area contributed by atoms with Crippen molar-refractivity contribution < 1.29 is 9.32 Å². The van der Waals surface area contributed by atoms with Gasteiger partial charge in [-0.05, 0) is 37.6 Å². The molecule has 2 aromatic rings. The van der Waals surface area contributed by atoms with Crippen LogP contribution in [0.15, 0.2) is 22.7 Å². The van der Waals surface area contributed by atoms with E-state index < -0.39 is 5.41 Å². The molecule has 0 atom stereocenters. The Kier molecular flexibility index (Phi) is 2.83. The first-order valence-electron chi connectivity index (χ1n) is 6.51. The van der Waals surface area contributed by atoms with Gasteiger partial charge in [-0.15, -0.1) is 0 Å². The molecule has 1 aromatic carbocycles. The zero-order chi connectivity index (χ0) is 14.3. The van der Waals surface area contributed by atoms with Crippen LogP contribution in [0.2, 0.25) is 0 Å². The number of rotatable bonds is 3. The largest absolute Gasteiger partial charge is 0.339 e. The minimum atomic E-state index is -0.546. The molecule has 0 fully saturated rings. The van der Waals surface area contributed by atoms with E-state index in [0.29, 0.717) is 24.7 Å². The molecule has 0 saturated carbocycles. The predicted molar refractivity (Wildman–Crippen MR) is 74.1 cm³/mol. The smallest absolute Gasteiger partial charge is 0.234 e. The highest BCUT2D eigenvalue weighted by molar-refractivity contribution is 6.06. The Morgan fingerprint density at radius 2 is 2.20 bits per heavy atom. The number of nitrogens with two attached hydrogens (primary N) is 1. The van der Waals surface area contributed by atoms with Crippen LogP contribution in [0.3, 0.4) is 0 Å². The highest BCUT2D eigenvalue weighted by atomic mass is 16.5. The van der Waals surface area contributed by atoms with Gasteiger partial charge in [0.15, 0.2) is 0 Å². The number of nitrogens with one attached hydrogen (secondary N) is 1. The van der Waals surface area contributed by atoms with E-state index in [4.69, 9.17) is 10.3 Å². The monoisotopic (exact) mass is 272 g/mol. The Bertz CT molecular complexity index is 676. The minimum absolute atomic E-state index is 0.00147. The van der Waals surface area contributed by atoms with E-state index in [1.54, 1.807) is 0 Å². The van der Waals surface area contributed by atoms with E-state index >= 15 is 0 Å². The maximum atomic E-state index is 11.9. The van der Waals surface area contributed by atoms with Gasteiger partial charge < -0.3 is 15.6 Å². The van der Waals surface area contributed by atoms with Gasteiger partial charge in [0.25, 0.3) is 0 Å². The van der Waals surface area contributed by atoms with Crippen LogP contribution in [0.1, 0.15) is 25.3 Å². The zero-order valence-corrected chi connectivity index (χ0v) is 11.4. The first-order chi connectivity index (χ1) is 9.52. The molecule has 1 amide bonds. The lowest BCUT2D eigenvalue weighted by atomic mass is 9.85. The number of hydrogen-bond acceptors (Lipinski definition) is 5. The lowest BCUT2D eigenvalue weighted by molar-refractivity contribution is -0.119. The summed E-state index contributed by atoms with van der Waals surface area (Å²) in [4.78, 5) is 16.2. The van der Waals surface area contributed by atoms with Gasteiger partial charge in [0.1, 0.15) is 0 Å². The topological polar surface area (TPSA) is 94.0 Å². The second kappa shape index (κ2) is 4.42. The summed E-state index contributed by atoms with van der Waals surface area (Å²) in [6, 6.07) is 5.68. The number of nitrogens with zero attached hydrogens (tertiary/aromatic N) is 2. The molecule has 3 rings (SSSR count). The number of anilines is 1. The summed E-state index contributed by atoms with van der Waals surface area (Å²) in [5, 5.41) is 6.82. The van der Waals surface area contributed by atoms with Crippen molar-refractivity contribution in [2.75, 3.05) is 11.9 Å². The number of aromatic nitrogens is 2. The number of hydrogen-bond donors (Lipinski definition) is 2. The molecule has 0 unspecified atom stereocenters. The van der Waals surface area contributed by atoms with Crippen LogP contribution in [0.4, 0.5) is 5.69 Å². The van der Waals surface area contributed by atoms with Crippen molar-refractivity contribution in [2.24, 2.45) is 5.73 Å². The quantitative estimate of drug-likeness (QED) is 0.882. The van der Waals surface area contributed by atoms with Gasteiger partial charge in [0.05, 0.1) is 5.41 Å². The van der Waals surface area contributed by atoms with Gasteiger partial charge in [-0.3, -0.25) is 4.79 Å². The molecule has 6 nitrogen and oxygen atoms in total. The average molecular weight is 272 g/mol. The van der Waals surface area contributed by atoms with Crippen molar-refractivity contribution in [1.29, 1.82) is 0 Å². The van der Waals surface area contributed by atoms with Gasteiger partial charge in [0, 0.05) is 24.2 Å². The van der Waals surface area contributed by atoms with E-state index in [1.165, 1.54) is 0 Å². The Balaban J connectivity index is 2.01. The molecule has 0 radical (unpaired) electrons. The lowest BCUT2D eigenvalue weighted by Crippen LogP contribution is -2.26. The third kappa shape index (κ3) is 1.89. The van der Waals surface area contributed by atoms with Crippen LogP contribution in [-0.2, 0) is 16.6 Å². The fourth-order valence-corrected chi connectivity index (χ4v) is 2.31. The molecule has 0 aliphatic carbocycles. The molecule has 1 aliphatic heterocycles. The first kappa shape index (κ1) is 12.8. The third-order valence-electron chi connectivity index (χ3n) is 3.59. The summed E-state index contributed by atoms with van der Waals surface area (Å²) in [6.45, 7) is 4.26. The van der Waals surface area contributed by atoms with Crippen LogP contribution in [0.5, 0.6) is 0 Å². The Hall–Kier alpha value is -2.21. The van der Waals surface area contributed by atoms with Crippen LogP contribution < -0.4 is 11.1 Å². The Morgan fingerprint density at radius 3 is 2.95 bits per heavy atom. The number of carbonyl (C=O) groups excluding carboxylic acids is 1. The predicted octanol–water partition coefficient (Wildman–Crippen LogP) is 1.47. The number of fused-ring (bicyclic) bond motifs is 1. The van der Waals surface area contributed by atoms with Crippen molar-refractivity contribution in [1.82, 2.24) is 10.1 Å². The SMILES string of the molecule is CC1(C)C(=O)Nc2ccc(-c3noc(CCN)n3)cc21. The van der Waals surface area contributed by atoms with Gasteiger partial charge in [-0.1, -0.05) is 5.16 Å². The molecular formula is C14H16N4O2. The molecule has 20 heavy (non-hydrogen) atoms. The number of amides is 1. The Labute approximate surface area is 116 Å². The van der Waals surface area contributed by atoms with Gasteiger partial charge in [-0.25, -0.2) is 0 Å². The van der Waals surface area contributed by atoms with Gasteiger partial charge in [0.2, 0.25) is 17.6 Å². The summed E-state index contributed by atoms with van der Waals surface area (Å²) < 4.78 is 5.13. The third-order valence-corrected chi connectivity index (χ3v) is 3.59. The first-order valence-corrected chi connectivity index (χ1v) is 6.51. The van der Waals surface area contributed by atoms with E-state index in [1.807, 2.05) is 32.0 Å². The van der Waals surface area contributed by atoms with Crippen molar-refractivity contribution in [3.8, 4) is 11.4 Å².